The molecule has 6 nitrogen and oxygen atoms in total. The minimum atomic E-state index is -1.55. The monoisotopic (exact) mass is 243 g/mol. The second kappa shape index (κ2) is 4.71. The molecule has 1 rings (SSSR count). The standard InChI is InChI=1S/C9H6ClNO5/c10-6-3-5(4-8(12)9(13)14)1-2-7(6)11(15)16/h1-3H,4H2,(H,13,14). The number of halogens is 1. The second-order valence-corrected chi connectivity index (χ2v) is 3.36. The summed E-state index contributed by atoms with van der Waals surface area (Å²) < 4.78 is 0. The molecule has 0 fully saturated rings. The van der Waals surface area contributed by atoms with E-state index >= 15 is 0 Å². The summed E-state index contributed by atoms with van der Waals surface area (Å²) in [5.74, 6) is -2.54. The average molecular weight is 244 g/mol. The predicted molar refractivity (Wildman–Crippen MR) is 54.5 cm³/mol. The first-order valence-electron chi connectivity index (χ1n) is 4.10. The van der Waals surface area contributed by atoms with Crippen molar-refractivity contribution in [3.63, 3.8) is 0 Å². The third kappa shape index (κ3) is 2.77. The fourth-order valence-corrected chi connectivity index (χ4v) is 1.34. The molecule has 0 unspecified atom stereocenters. The first-order valence-corrected chi connectivity index (χ1v) is 4.48. The van der Waals surface area contributed by atoms with Crippen LogP contribution in [0, 0.1) is 10.1 Å². The number of hydrogen-bond donors (Lipinski definition) is 1. The first kappa shape index (κ1) is 12.1. The van der Waals surface area contributed by atoms with Crippen LogP contribution in [-0.2, 0) is 16.0 Å². The molecule has 0 heterocycles. The SMILES string of the molecule is O=C(O)C(=O)Cc1ccc([N+](=O)[O-])c(Cl)c1. The number of nitro benzene ring substituents is 1. The van der Waals surface area contributed by atoms with Crippen molar-refractivity contribution in [1.29, 1.82) is 0 Å². The molecular weight excluding hydrogens is 238 g/mol. The van der Waals surface area contributed by atoms with Crippen molar-refractivity contribution < 1.29 is 19.6 Å². The molecule has 16 heavy (non-hydrogen) atoms. The molecule has 1 aromatic carbocycles. The van der Waals surface area contributed by atoms with E-state index < -0.39 is 16.7 Å². The Labute approximate surface area is 94.6 Å². The molecule has 0 radical (unpaired) electrons. The number of benzene rings is 1. The van der Waals surface area contributed by atoms with E-state index in [-0.39, 0.29) is 17.1 Å². The van der Waals surface area contributed by atoms with Crippen molar-refractivity contribution in [2.24, 2.45) is 0 Å². The lowest BCUT2D eigenvalue weighted by molar-refractivity contribution is -0.384. The van der Waals surface area contributed by atoms with E-state index in [2.05, 4.69) is 0 Å². The fraction of sp³-hybridized carbons (Fsp3) is 0.111. The number of ketones is 1. The minimum Gasteiger partial charge on any atom is -0.475 e. The van der Waals surface area contributed by atoms with Crippen molar-refractivity contribution in [3.8, 4) is 0 Å². The number of carboxylic acids is 1. The van der Waals surface area contributed by atoms with Crippen molar-refractivity contribution >= 4 is 29.0 Å². The Balaban J connectivity index is 2.94. The van der Waals surface area contributed by atoms with E-state index in [9.17, 15) is 19.7 Å². The number of aliphatic carboxylic acids is 1. The average Bonchev–Trinajstić information content (AvgIpc) is 2.16. The highest BCUT2D eigenvalue weighted by Gasteiger charge is 2.16. The molecule has 0 atom stereocenters. The molecule has 0 bridgehead atoms. The summed E-state index contributed by atoms with van der Waals surface area (Å²) >= 11 is 5.59. The molecule has 0 saturated heterocycles. The molecule has 7 heteroatoms. The van der Waals surface area contributed by atoms with Gasteiger partial charge in [0, 0.05) is 12.5 Å². The maximum atomic E-state index is 10.9. The van der Waals surface area contributed by atoms with Crippen LogP contribution >= 0.6 is 11.6 Å². The molecule has 0 aliphatic rings. The number of nitrogens with zero attached hydrogens (tertiary/aromatic N) is 1. The van der Waals surface area contributed by atoms with Crippen LogP contribution in [0.1, 0.15) is 5.56 Å². The molecule has 1 aromatic rings. The number of carbonyl (C=O) groups excluding carboxylic acids is 1. The van der Waals surface area contributed by atoms with Gasteiger partial charge in [-0.05, 0) is 11.6 Å². The van der Waals surface area contributed by atoms with Gasteiger partial charge in [-0.15, -0.1) is 0 Å². The largest absolute Gasteiger partial charge is 0.475 e. The van der Waals surface area contributed by atoms with E-state index in [1.165, 1.54) is 12.1 Å². The molecule has 0 saturated carbocycles. The highest BCUT2D eigenvalue weighted by atomic mass is 35.5. The number of carbonyl (C=O) groups is 2. The van der Waals surface area contributed by atoms with Gasteiger partial charge in [0.15, 0.2) is 0 Å². The van der Waals surface area contributed by atoms with Crippen molar-refractivity contribution in [2.45, 2.75) is 6.42 Å². The maximum Gasteiger partial charge on any atom is 0.372 e. The van der Waals surface area contributed by atoms with Crippen LogP contribution in [0.4, 0.5) is 5.69 Å². The van der Waals surface area contributed by atoms with E-state index in [1.54, 1.807) is 0 Å². The Morgan fingerprint density at radius 2 is 2.06 bits per heavy atom. The third-order valence-corrected chi connectivity index (χ3v) is 2.11. The van der Waals surface area contributed by atoms with Gasteiger partial charge in [-0.1, -0.05) is 17.7 Å². The van der Waals surface area contributed by atoms with Crippen LogP contribution in [0.15, 0.2) is 18.2 Å². The van der Waals surface area contributed by atoms with Gasteiger partial charge in [0.25, 0.3) is 5.69 Å². The Morgan fingerprint density at radius 1 is 1.44 bits per heavy atom. The van der Waals surface area contributed by atoms with Gasteiger partial charge >= 0.3 is 5.97 Å². The zero-order valence-corrected chi connectivity index (χ0v) is 8.60. The normalized spacial score (nSPS) is 9.81. The lowest BCUT2D eigenvalue weighted by Gasteiger charge is -1.99. The molecule has 84 valence electrons. The summed E-state index contributed by atoms with van der Waals surface area (Å²) in [6, 6.07) is 3.64. The van der Waals surface area contributed by atoms with E-state index in [1.807, 2.05) is 0 Å². The molecule has 0 aliphatic heterocycles. The van der Waals surface area contributed by atoms with Gasteiger partial charge < -0.3 is 5.11 Å². The topological polar surface area (TPSA) is 97.5 Å². The van der Waals surface area contributed by atoms with Crippen LogP contribution < -0.4 is 0 Å². The quantitative estimate of drug-likeness (QED) is 0.490. The summed E-state index contributed by atoms with van der Waals surface area (Å²) in [5.41, 5.74) is 0.0381. The Bertz CT molecular complexity index is 471. The van der Waals surface area contributed by atoms with E-state index in [0.717, 1.165) is 6.07 Å². The lowest BCUT2D eigenvalue weighted by Crippen LogP contribution is -2.15. The molecule has 1 N–H and O–H groups in total. The molecule has 0 spiro atoms. The number of carboxylic acid groups (broad SMARTS) is 1. The Kier molecular flexibility index (Phi) is 3.57. The van der Waals surface area contributed by atoms with Crippen LogP contribution in [0.25, 0.3) is 0 Å². The van der Waals surface area contributed by atoms with E-state index in [0.29, 0.717) is 5.56 Å². The molecular formula is C9H6ClNO5. The lowest BCUT2D eigenvalue weighted by atomic mass is 10.1. The van der Waals surface area contributed by atoms with Gasteiger partial charge in [-0.25, -0.2) is 4.79 Å². The molecule has 0 amide bonds. The van der Waals surface area contributed by atoms with Gasteiger partial charge in [-0.3, -0.25) is 14.9 Å². The van der Waals surface area contributed by atoms with Gasteiger partial charge in [-0.2, -0.15) is 0 Å². The maximum absolute atomic E-state index is 10.9. The van der Waals surface area contributed by atoms with Crippen LogP contribution in [0.2, 0.25) is 5.02 Å². The summed E-state index contributed by atoms with van der Waals surface area (Å²) in [5, 5.41) is 18.7. The Hall–Kier alpha value is -1.95. The smallest absolute Gasteiger partial charge is 0.372 e. The van der Waals surface area contributed by atoms with Crippen molar-refractivity contribution in [1.82, 2.24) is 0 Å². The summed E-state index contributed by atoms with van der Waals surface area (Å²) in [4.78, 5) is 30.9. The first-order chi connectivity index (χ1) is 7.41. The van der Waals surface area contributed by atoms with Gasteiger partial charge in [0.1, 0.15) is 5.02 Å². The van der Waals surface area contributed by atoms with Crippen molar-refractivity contribution in [2.75, 3.05) is 0 Å². The zero-order chi connectivity index (χ0) is 12.3. The van der Waals surface area contributed by atoms with Crippen LogP contribution in [0.3, 0.4) is 0 Å². The number of Topliss-reactive ketones (excluding diaryl/α,β-unsaturated/α-hetero) is 1. The number of nitro groups is 1. The summed E-state index contributed by atoms with van der Waals surface area (Å²) in [7, 11) is 0. The Morgan fingerprint density at radius 3 is 2.50 bits per heavy atom. The van der Waals surface area contributed by atoms with Gasteiger partial charge in [0.2, 0.25) is 5.78 Å². The fourth-order valence-electron chi connectivity index (χ4n) is 1.07. The highest BCUT2D eigenvalue weighted by Crippen LogP contribution is 2.25. The van der Waals surface area contributed by atoms with Crippen molar-refractivity contribution in [3.05, 3.63) is 38.9 Å². The summed E-state index contributed by atoms with van der Waals surface area (Å²) in [6.07, 6.45) is -0.340. The molecule has 0 aromatic heterocycles. The molecule has 0 aliphatic carbocycles. The van der Waals surface area contributed by atoms with E-state index in [4.69, 9.17) is 16.7 Å². The summed E-state index contributed by atoms with van der Waals surface area (Å²) in [6.45, 7) is 0. The number of hydrogen-bond acceptors (Lipinski definition) is 4. The van der Waals surface area contributed by atoms with Crippen LogP contribution in [-0.4, -0.2) is 21.8 Å². The van der Waals surface area contributed by atoms with Crippen LogP contribution in [0.5, 0.6) is 0 Å². The highest BCUT2D eigenvalue weighted by molar-refractivity contribution is 6.34. The minimum absolute atomic E-state index is 0.124. The number of rotatable bonds is 4. The second-order valence-electron chi connectivity index (χ2n) is 2.95. The van der Waals surface area contributed by atoms with Gasteiger partial charge in [0.05, 0.1) is 4.92 Å². The third-order valence-electron chi connectivity index (χ3n) is 1.81. The zero-order valence-electron chi connectivity index (χ0n) is 7.84. The predicted octanol–water partition coefficient (Wildman–Crippen LogP) is 1.44.